The summed E-state index contributed by atoms with van der Waals surface area (Å²) in [4.78, 5) is -2.82. The number of anilines is 4. The van der Waals surface area contributed by atoms with Crippen LogP contribution in [-0.2, 0) is 63.4 Å². The quantitative estimate of drug-likeness (QED) is 0.0259. The second kappa shape index (κ2) is 21.9. The van der Waals surface area contributed by atoms with Gasteiger partial charge in [0.2, 0.25) is 0 Å². The van der Waals surface area contributed by atoms with E-state index in [1.807, 2.05) is 0 Å². The van der Waals surface area contributed by atoms with Crippen molar-refractivity contribution in [2.45, 2.75) is 32.4 Å². The van der Waals surface area contributed by atoms with Gasteiger partial charge in [-0.15, -0.1) is 20.5 Å². The average molecular weight is 1250 g/mol. The predicted octanol–water partition coefficient (Wildman–Crippen LogP) is 12.0. The number of fused-ring (bicyclic) bond motifs is 4. The van der Waals surface area contributed by atoms with E-state index in [0.717, 1.165) is 42.5 Å². The lowest BCUT2D eigenvalue weighted by atomic mass is 9.93. The third-order valence-corrected chi connectivity index (χ3v) is 17.4. The summed E-state index contributed by atoms with van der Waals surface area (Å²) in [6.45, 7) is 0. The summed E-state index contributed by atoms with van der Waals surface area (Å²) in [5.74, 6) is -1.01. The lowest BCUT2D eigenvalue weighted by Crippen LogP contribution is -2.11. The van der Waals surface area contributed by atoms with Gasteiger partial charge in [-0.05, 0) is 133 Å². The van der Waals surface area contributed by atoms with Crippen molar-refractivity contribution in [3.05, 3.63) is 156 Å². The number of aromatic hydroxyl groups is 2. The Morgan fingerprint density at radius 2 is 0.847 bits per heavy atom. The van der Waals surface area contributed by atoms with Crippen LogP contribution in [0.25, 0.3) is 32.3 Å². The predicted molar refractivity (Wildman–Crippen MR) is 310 cm³/mol. The van der Waals surface area contributed by atoms with Gasteiger partial charge >= 0.3 is 0 Å². The van der Waals surface area contributed by atoms with Gasteiger partial charge in [0, 0.05) is 56.6 Å². The van der Waals surface area contributed by atoms with E-state index in [4.69, 9.17) is 11.5 Å². The molecule has 0 bridgehead atoms. The molecule has 0 atom stereocenters. The molecule has 434 valence electrons. The van der Waals surface area contributed by atoms with E-state index < -0.39 is 88.1 Å². The van der Waals surface area contributed by atoms with Crippen LogP contribution in [0.3, 0.4) is 0 Å². The molecular formula is C52H39N11O17S5. The topological polar surface area (TPSA) is 475 Å². The molecule has 9 aromatic carbocycles. The Morgan fingerprint density at radius 1 is 0.388 bits per heavy atom. The van der Waals surface area contributed by atoms with Crippen molar-refractivity contribution in [2.75, 3.05) is 16.8 Å². The van der Waals surface area contributed by atoms with Crippen LogP contribution in [0, 0.1) is 0 Å². The van der Waals surface area contributed by atoms with E-state index in [1.54, 1.807) is 0 Å². The summed E-state index contributed by atoms with van der Waals surface area (Å²) in [6.07, 6.45) is 0.705. The summed E-state index contributed by atoms with van der Waals surface area (Å²) < 4.78 is 172. The maximum absolute atomic E-state index is 12.8. The number of allylic oxidation sites excluding steroid dienone is 2. The zero-order valence-corrected chi connectivity index (χ0v) is 46.8. The largest absolute Gasteiger partial charge is 0.507 e. The molecule has 28 nitrogen and oxygen atoms in total. The molecule has 0 radical (unpaired) electrons. The lowest BCUT2D eigenvalue weighted by Gasteiger charge is -2.18. The third-order valence-electron chi connectivity index (χ3n) is 13.1. The Hall–Kier alpha value is -9.55. The summed E-state index contributed by atoms with van der Waals surface area (Å²) in [6, 6.07) is 28.1. The molecule has 0 fully saturated rings. The van der Waals surface area contributed by atoms with Gasteiger partial charge in [0.15, 0.2) is 0 Å². The fourth-order valence-corrected chi connectivity index (χ4v) is 11.8. The minimum atomic E-state index is -4.98. The van der Waals surface area contributed by atoms with Gasteiger partial charge in [0.25, 0.3) is 50.6 Å². The zero-order chi connectivity index (χ0) is 61.1. The van der Waals surface area contributed by atoms with Crippen LogP contribution in [0.4, 0.5) is 68.2 Å². The molecule has 0 amide bonds. The lowest BCUT2D eigenvalue weighted by molar-refractivity contribution is 0.470. The Balaban J connectivity index is 0.912. The molecule has 0 saturated carbocycles. The van der Waals surface area contributed by atoms with Gasteiger partial charge in [-0.3, -0.25) is 22.8 Å². The van der Waals surface area contributed by atoms with Crippen LogP contribution in [0.2, 0.25) is 0 Å². The van der Waals surface area contributed by atoms with E-state index in [1.165, 1.54) is 97.1 Å². The van der Waals surface area contributed by atoms with Gasteiger partial charge < -0.3 is 27.0 Å². The average Bonchev–Trinajstić information content (AvgIpc) is 1.40. The SMILES string of the molecule is Nc1ccc2c(O)cc(S(=O)(=O)O)cc2c1N=Nc1ccc(N=Nc2ccc(Nc3ccc(N=Nc4ccc(N=Nc5c(N)ccc6c(O)cc(S(=O)(=O)O)cc56)c5ccc(S(=O)(=O)O)cc45)cc3)c(S(=O)(=O)O)c2)c2c1CC=C(S(=O)(=O)O)C2. The monoisotopic (exact) mass is 1250 g/mol. The van der Waals surface area contributed by atoms with Crippen LogP contribution < -0.4 is 16.8 Å². The third kappa shape index (κ3) is 12.4. The molecule has 10 rings (SSSR count). The van der Waals surface area contributed by atoms with Crippen molar-refractivity contribution in [2.24, 2.45) is 40.9 Å². The minimum absolute atomic E-state index is 0.00298. The number of nitrogens with two attached hydrogens (primary N) is 2. The first-order valence-corrected chi connectivity index (χ1v) is 31.2. The molecule has 1 aliphatic carbocycles. The number of hydrogen-bond acceptors (Lipinski definition) is 23. The Bertz CT molecular complexity index is 5120. The van der Waals surface area contributed by atoms with Gasteiger partial charge in [0.1, 0.15) is 27.8 Å². The molecule has 0 spiro atoms. The van der Waals surface area contributed by atoms with E-state index in [2.05, 4.69) is 46.2 Å². The van der Waals surface area contributed by atoms with Gasteiger partial charge in [0.05, 0.1) is 70.8 Å². The summed E-state index contributed by atoms with van der Waals surface area (Å²) >= 11 is 0. The Kier molecular flexibility index (Phi) is 15.1. The van der Waals surface area contributed by atoms with E-state index in [9.17, 15) is 75.1 Å². The van der Waals surface area contributed by atoms with Crippen molar-refractivity contribution in [3.8, 4) is 11.5 Å². The minimum Gasteiger partial charge on any atom is -0.507 e. The van der Waals surface area contributed by atoms with Gasteiger partial charge in [-0.1, -0.05) is 12.1 Å². The van der Waals surface area contributed by atoms with Crippen molar-refractivity contribution in [1.82, 2.24) is 0 Å². The normalized spacial score (nSPS) is 13.7. The Labute approximate surface area is 480 Å². The molecule has 85 heavy (non-hydrogen) atoms. The fourth-order valence-electron chi connectivity index (χ4n) is 8.96. The molecule has 12 N–H and O–H groups in total. The van der Waals surface area contributed by atoms with Gasteiger partial charge in [-0.2, -0.15) is 62.5 Å². The van der Waals surface area contributed by atoms with Crippen LogP contribution in [0.5, 0.6) is 11.5 Å². The first-order chi connectivity index (χ1) is 39.9. The van der Waals surface area contributed by atoms with Gasteiger partial charge in [-0.25, -0.2) is 0 Å². The Morgan fingerprint density at radius 3 is 1.39 bits per heavy atom. The number of benzene rings is 9. The van der Waals surface area contributed by atoms with E-state index in [-0.39, 0.29) is 117 Å². The molecular weight excluding hydrogens is 1210 g/mol. The summed E-state index contributed by atoms with van der Waals surface area (Å²) in [7, 11) is -24.0. The van der Waals surface area contributed by atoms with Crippen LogP contribution in [0.1, 0.15) is 11.1 Å². The molecule has 0 saturated heterocycles. The smallest absolute Gasteiger partial charge is 0.296 e. The number of nitrogens with one attached hydrogen (secondary N) is 1. The molecule has 9 aromatic rings. The van der Waals surface area contributed by atoms with Crippen LogP contribution in [-0.4, -0.2) is 75.1 Å². The van der Waals surface area contributed by atoms with Crippen molar-refractivity contribution < 1.29 is 75.1 Å². The van der Waals surface area contributed by atoms with Crippen LogP contribution in [0.15, 0.2) is 205 Å². The maximum Gasteiger partial charge on any atom is 0.296 e. The highest BCUT2D eigenvalue weighted by Crippen LogP contribution is 2.44. The van der Waals surface area contributed by atoms with Crippen molar-refractivity contribution >= 4 is 151 Å². The second-order valence-electron chi connectivity index (χ2n) is 18.5. The van der Waals surface area contributed by atoms with E-state index in [0.29, 0.717) is 5.56 Å². The number of phenols is 2. The zero-order valence-electron chi connectivity index (χ0n) is 42.7. The number of hydrogen-bond donors (Lipinski definition) is 10. The fraction of sp³-hybridized carbons (Fsp3) is 0.0385. The van der Waals surface area contributed by atoms with Crippen molar-refractivity contribution in [3.63, 3.8) is 0 Å². The van der Waals surface area contributed by atoms with Crippen molar-refractivity contribution in [1.29, 1.82) is 0 Å². The molecule has 0 unspecified atom stereocenters. The molecule has 33 heteroatoms. The summed E-state index contributed by atoms with van der Waals surface area (Å²) in [5, 5.41) is 58.6. The number of nitrogen functional groups attached to an aromatic ring is 2. The highest BCUT2D eigenvalue weighted by molar-refractivity contribution is 7.89. The summed E-state index contributed by atoms with van der Waals surface area (Å²) in [5.41, 5.74) is 13.4. The van der Waals surface area contributed by atoms with Crippen LogP contribution >= 0.6 is 0 Å². The molecule has 0 aromatic heterocycles. The molecule has 0 aliphatic heterocycles. The first kappa shape index (κ1) is 58.6. The highest BCUT2D eigenvalue weighted by Gasteiger charge is 2.26. The maximum atomic E-state index is 12.8. The standard InChI is InChI=1S/C52H39N11O17S5/c53-41-12-10-35-39(22-31(24-48(35)64)83(72,73)74)51(41)62-60-43-15-17-45(37-20-29(81(66,67)68)6-8-33(37)43)58-56-27-3-1-26(2-4-27)55-47-14-5-28(19-50(47)85(78,79)80)57-59-46-18-16-44(34-9-7-30(21-38(34)46)82(69,70)71)61-63-52-40-23-32(84(75,76)77)25-49(65)36(40)11-13-42(52)54/h1-8,10-20,22-25,55,64-65H,9,21,53-54H2,(H,66,67,68)(H,69,70,71)(H,72,73,74)(H,75,76,77)(H,78,79,80). The molecule has 0 heterocycles. The number of phenolic OH excluding ortho intramolecular Hbond substituents is 2. The number of nitrogens with zero attached hydrogens (tertiary/aromatic N) is 8. The highest BCUT2D eigenvalue weighted by atomic mass is 32.2. The number of azo groups is 4. The first-order valence-electron chi connectivity index (χ1n) is 24.0. The molecule has 1 aliphatic rings. The van der Waals surface area contributed by atoms with E-state index >= 15 is 0 Å². The second-order valence-corrected chi connectivity index (χ2v) is 25.7. The number of rotatable bonds is 15.